The minimum atomic E-state index is -0.623. The lowest BCUT2D eigenvalue weighted by atomic mass is 9.94. The molecule has 2 aliphatic heterocycles. The largest absolute Gasteiger partial charge is 0.466 e. The first-order chi connectivity index (χ1) is 14.0. The summed E-state index contributed by atoms with van der Waals surface area (Å²) in [6.45, 7) is 2.06. The lowest BCUT2D eigenvalue weighted by Crippen LogP contribution is -2.48. The van der Waals surface area contributed by atoms with Crippen LogP contribution in [0.1, 0.15) is 22.7 Å². The SMILES string of the molecule is COC(=O)C1=C(CN2CCc3ccccc3C2)NC(=O)N[C@H]1c1cccc(Cl)c1. The van der Waals surface area contributed by atoms with Gasteiger partial charge in [-0.1, -0.05) is 48.0 Å². The van der Waals surface area contributed by atoms with Crippen molar-refractivity contribution in [1.82, 2.24) is 15.5 Å². The molecule has 2 amide bonds. The maximum atomic E-state index is 12.7. The standard InChI is InChI=1S/C22H22ClN3O3/c1-29-21(27)19-18(13-26-10-9-14-5-2-3-6-16(14)12-26)24-22(28)25-20(19)15-7-4-8-17(23)11-15/h2-8,11,20H,9-10,12-13H2,1H3,(H2,24,25,28)/t20-/m0/s1. The smallest absolute Gasteiger partial charge is 0.338 e. The molecule has 2 aromatic carbocycles. The fraction of sp³-hybridized carbons (Fsp3) is 0.273. The first-order valence-electron chi connectivity index (χ1n) is 9.48. The Morgan fingerprint density at radius 1 is 1.21 bits per heavy atom. The molecule has 0 spiro atoms. The fourth-order valence-electron chi connectivity index (χ4n) is 3.94. The lowest BCUT2D eigenvalue weighted by molar-refractivity contribution is -0.136. The number of nitrogens with one attached hydrogen (secondary N) is 2. The van der Waals surface area contributed by atoms with E-state index in [1.54, 1.807) is 18.2 Å². The van der Waals surface area contributed by atoms with Gasteiger partial charge in [-0.25, -0.2) is 9.59 Å². The predicted octanol–water partition coefficient (Wildman–Crippen LogP) is 3.18. The van der Waals surface area contributed by atoms with Crippen LogP contribution in [0.2, 0.25) is 5.02 Å². The maximum Gasteiger partial charge on any atom is 0.338 e. The summed E-state index contributed by atoms with van der Waals surface area (Å²) in [4.78, 5) is 27.3. The highest BCUT2D eigenvalue weighted by atomic mass is 35.5. The van der Waals surface area contributed by atoms with Crippen molar-refractivity contribution in [3.05, 3.63) is 81.5 Å². The molecule has 4 rings (SSSR count). The van der Waals surface area contributed by atoms with E-state index in [0.717, 1.165) is 25.1 Å². The van der Waals surface area contributed by atoms with Crippen LogP contribution < -0.4 is 10.6 Å². The number of urea groups is 1. The third-order valence-electron chi connectivity index (χ3n) is 5.33. The highest BCUT2D eigenvalue weighted by molar-refractivity contribution is 6.30. The molecule has 0 unspecified atom stereocenters. The molecule has 2 aromatic rings. The van der Waals surface area contributed by atoms with Gasteiger partial charge in [-0.2, -0.15) is 0 Å². The van der Waals surface area contributed by atoms with Crippen LogP contribution >= 0.6 is 11.6 Å². The second kappa shape index (κ2) is 8.27. The van der Waals surface area contributed by atoms with Crippen molar-refractivity contribution in [3.63, 3.8) is 0 Å². The molecule has 0 radical (unpaired) electrons. The van der Waals surface area contributed by atoms with Gasteiger partial charge >= 0.3 is 12.0 Å². The van der Waals surface area contributed by atoms with Gasteiger partial charge in [0.05, 0.1) is 18.7 Å². The monoisotopic (exact) mass is 411 g/mol. The third-order valence-corrected chi connectivity index (χ3v) is 5.57. The van der Waals surface area contributed by atoms with Crippen molar-refractivity contribution < 1.29 is 14.3 Å². The average molecular weight is 412 g/mol. The van der Waals surface area contributed by atoms with E-state index in [4.69, 9.17) is 16.3 Å². The molecular weight excluding hydrogens is 390 g/mol. The topological polar surface area (TPSA) is 70.7 Å². The average Bonchev–Trinajstić information content (AvgIpc) is 2.73. The summed E-state index contributed by atoms with van der Waals surface area (Å²) in [6.07, 6.45) is 0.931. The van der Waals surface area contributed by atoms with E-state index in [1.165, 1.54) is 18.2 Å². The molecule has 6 nitrogen and oxygen atoms in total. The summed E-state index contributed by atoms with van der Waals surface area (Å²) in [5.74, 6) is -0.477. The van der Waals surface area contributed by atoms with Gasteiger partial charge in [0.25, 0.3) is 0 Å². The maximum absolute atomic E-state index is 12.7. The number of carbonyl (C=O) groups is 2. The van der Waals surface area contributed by atoms with E-state index in [1.807, 2.05) is 12.1 Å². The summed E-state index contributed by atoms with van der Waals surface area (Å²) in [6, 6.07) is 14.5. The Morgan fingerprint density at radius 3 is 2.76 bits per heavy atom. The number of hydrogen-bond donors (Lipinski definition) is 2. The summed E-state index contributed by atoms with van der Waals surface area (Å²) in [7, 11) is 1.34. The van der Waals surface area contributed by atoms with Gasteiger partial charge in [0.2, 0.25) is 0 Å². The number of benzene rings is 2. The van der Waals surface area contributed by atoms with Gasteiger partial charge in [-0.05, 0) is 35.2 Å². The van der Waals surface area contributed by atoms with Gasteiger partial charge in [0.1, 0.15) is 0 Å². The van der Waals surface area contributed by atoms with Crippen LogP contribution in [-0.2, 0) is 22.5 Å². The molecule has 2 aliphatic rings. The molecule has 2 heterocycles. The van der Waals surface area contributed by atoms with E-state index in [-0.39, 0.29) is 6.03 Å². The van der Waals surface area contributed by atoms with Crippen molar-refractivity contribution in [3.8, 4) is 0 Å². The summed E-state index contributed by atoms with van der Waals surface area (Å²) < 4.78 is 5.04. The number of amides is 2. The zero-order valence-corrected chi connectivity index (χ0v) is 16.8. The first-order valence-corrected chi connectivity index (χ1v) is 9.86. The van der Waals surface area contributed by atoms with E-state index in [9.17, 15) is 9.59 Å². The number of carbonyl (C=O) groups excluding carboxylic acids is 2. The summed E-state index contributed by atoms with van der Waals surface area (Å²) >= 11 is 6.13. The van der Waals surface area contributed by atoms with Crippen LogP contribution in [0.25, 0.3) is 0 Å². The number of fused-ring (bicyclic) bond motifs is 1. The Bertz CT molecular complexity index is 989. The predicted molar refractivity (Wildman–Crippen MR) is 110 cm³/mol. The normalized spacial score (nSPS) is 19.2. The minimum absolute atomic E-state index is 0.352. The Labute approximate surface area is 174 Å². The molecule has 7 heteroatoms. The number of halogens is 1. The molecule has 2 N–H and O–H groups in total. The zero-order chi connectivity index (χ0) is 20.4. The number of esters is 1. The van der Waals surface area contributed by atoms with Crippen LogP contribution in [0.3, 0.4) is 0 Å². The van der Waals surface area contributed by atoms with Gasteiger partial charge in [0.15, 0.2) is 0 Å². The highest BCUT2D eigenvalue weighted by Crippen LogP contribution is 2.30. The Kier molecular flexibility index (Phi) is 5.56. The molecule has 150 valence electrons. The molecule has 0 aromatic heterocycles. The van der Waals surface area contributed by atoms with E-state index >= 15 is 0 Å². The van der Waals surface area contributed by atoms with Crippen molar-refractivity contribution in [2.75, 3.05) is 20.2 Å². The first kappa shape index (κ1) is 19.5. The van der Waals surface area contributed by atoms with Crippen LogP contribution in [0.4, 0.5) is 4.79 Å². The van der Waals surface area contributed by atoms with Crippen LogP contribution in [-0.4, -0.2) is 37.1 Å². The number of hydrogen-bond acceptors (Lipinski definition) is 4. The molecule has 0 saturated carbocycles. The molecule has 0 saturated heterocycles. The molecule has 29 heavy (non-hydrogen) atoms. The van der Waals surface area contributed by atoms with Crippen molar-refractivity contribution in [2.45, 2.75) is 19.0 Å². The van der Waals surface area contributed by atoms with Gasteiger partial charge in [0, 0.05) is 30.4 Å². The number of methoxy groups -OCH3 is 1. The highest BCUT2D eigenvalue weighted by Gasteiger charge is 2.34. The number of rotatable bonds is 4. The molecular formula is C22H22ClN3O3. The molecule has 0 aliphatic carbocycles. The summed E-state index contributed by atoms with van der Waals surface area (Å²) in [5, 5.41) is 6.18. The van der Waals surface area contributed by atoms with Crippen LogP contribution in [0.5, 0.6) is 0 Å². The lowest BCUT2D eigenvalue weighted by Gasteiger charge is -2.34. The van der Waals surface area contributed by atoms with Crippen molar-refractivity contribution in [1.29, 1.82) is 0 Å². The van der Waals surface area contributed by atoms with E-state index in [0.29, 0.717) is 22.8 Å². The molecule has 0 bridgehead atoms. The van der Waals surface area contributed by atoms with Crippen molar-refractivity contribution >= 4 is 23.6 Å². The van der Waals surface area contributed by atoms with Crippen LogP contribution in [0, 0.1) is 0 Å². The van der Waals surface area contributed by atoms with Crippen molar-refractivity contribution in [2.24, 2.45) is 0 Å². The Morgan fingerprint density at radius 2 is 2.00 bits per heavy atom. The minimum Gasteiger partial charge on any atom is -0.466 e. The number of ether oxygens (including phenoxy) is 1. The Hall–Kier alpha value is -2.83. The fourth-order valence-corrected chi connectivity index (χ4v) is 4.14. The number of nitrogens with zero attached hydrogens (tertiary/aromatic N) is 1. The molecule has 1 atom stereocenters. The molecule has 0 fully saturated rings. The van der Waals surface area contributed by atoms with E-state index in [2.05, 4.69) is 33.7 Å². The van der Waals surface area contributed by atoms with Crippen LogP contribution in [0.15, 0.2) is 59.8 Å². The Balaban J connectivity index is 1.68. The second-order valence-corrected chi connectivity index (χ2v) is 7.64. The van der Waals surface area contributed by atoms with E-state index < -0.39 is 12.0 Å². The van der Waals surface area contributed by atoms with Gasteiger partial charge < -0.3 is 15.4 Å². The third kappa shape index (κ3) is 4.13. The quantitative estimate of drug-likeness (QED) is 0.758. The van der Waals surface area contributed by atoms with Gasteiger partial charge in [-0.15, -0.1) is 0 Å². The second-order valence-electron chi connectivity index (χ2n) is 7.20. The summed E-state index contributed by atoms with van der Waals surface area (Å²) in [5.41, 5.74) is 4.30. The van der Waals surface area contributed by atoms with Gasteiger partial charge in [-0.3, -0.25) is 4.90 Å². The zero-order valence-electron chi connectivity index (χ0n) is 16.1.